The van der Waals surface area contributed by atoms with E-state index < -0.39 is 12.0 Å². The number of carboxylic acids is 1. The molecule has 0 fully saturated rings. The molecule has 104 valence electrons. The van der Waals surface area contributed by atoms with Crippen molar-refractivity contribution in [3.63, 3.8) is 0 Å². The molecule has 0 aromatic heterocycles. The zero-order chi connectivity index (χ0) is 14.4. The van der Waals surface area contributed by atoms with E-state index in [-0.39, 0.29) is 5.91 Å². The Hall–Kier alpha value is -1.88. The maximum Gasteiger partial charge on any atom is 0.322 e. The summed E-state index contributed by atoms with van der Waals surface area (Å²) in [5, 5.41) is 8.84. The van der Waals surface area contributed by atoms with Gasteiger partial charge >= 0.3 is 5.97 Å². The highest BCUT2D eigenvalue weighted by atomic mass is 16.4. The number of benzene rings is 1. The van der Waals surface area contributed by atoms with Gasteiger partial charge in [-0.2, -0.15) is 0 Å². The van der Waals surface area contributed by atoms with Crippen LogP contribution in [-0.4, -0.2) is 23.0 Å². The fourth-order valence-corrected chi connectivity index (χ4v) is 1.58. The molecule has 5 nitrogen and oxygen atoms in total. The predicted octanol–water partition coefficient (Wildman–Crippen LogP) is 1.91. The molecular weight excluding hydrogens is 244 g/mol. The number of hydrazine groups is 1. The summed E-state index contributed by atoms with van der Waals surface area (Å²) in [5.41, 5.74) is 6.57. The second-order valence-corrected chi connectivity index (χ2v) is 4.67. The topological polar surface area (TPSA) is 78.4 Å². The second-order valence-electron chi connectivity index (χ2n) is 4.67. The molecule has 0 aliphatic rings. The van der Waals surface area contributed by atoms with Crippen molar-refractivity contribution >= 4 is 11.9 Å². The van der Waals surface area contributed by atoms with Crippen molar-refractivity contribution in [2.45, 2.75) is 39.2 Å². The van der Waals surface area contributed by atoms with Crippen molar-refractivity contribution in [3.05, 3.63) is 35.4 Å². The first-order valence-electron chi connectivity index (χ1n) is 6.34. The third kappa shape index (κ3) is 4.37. The van der Waals surface area contributed by atoms with E-state index in [9.17, 15) is 9.59 Å². The molecule has 0 bridgehead atoms. The number of aliphatic carboxylic acids is 1. The van der Waals surface area contributed by atoms with Crippen LogP contribution in [0, 0.1) is 0 Å². The Morgan fingerprint density at radius 1 is 1.21 bits per heavy atom. The Bertz CT molecular complexity index is 441. The van der Waals surface area contributed by atoms with Gasteiger partial charge in [-0.25, -0.2) is 5.43 Å². The van der Waals surface area contributed by atoms with Crippen LogP contribution in [0.25, 0.3) is 0 Å². The molecular formula is C14H20N2O3. The van der Waals surface area contributed by atoms with Crippen molar-refractivity contribution in [2.24, 2.45) is 0 Å². The number of nitrogens with one attached hydrogen (secondary N) is 2. The van der Waals surface area contributed by atoms with Gasteiger partial charge in [0.15, 0.2) is 0 Å². The number of carbonyl (C=O) groups is 2. The van der Waals surface area contributed by atoms with Crippen LogP contribution in [0.3, 0.4) is 0 Å². The lowest BCUT2D eigenvalue weighted by Crippen LogP contribution is -2.47. The summed E-state index contributed by atoms with van der Waals surface area (Å²) < 4.78 is 0. The Morgan fingerprint density at radius 2 is 1.79 bits per heavy atom. The SMILES string of the molecule is CCC(NNC(=O)c1ccc(C(C)C)cc1)C(=O)O. The minimum Gasteiger partial charge on any atom is -0.480 e. The van der Waals surface area contributed by atoms with Crippen molar-refractivity contribution in [1.82, 2.24) is 10.9 Å². The monoisotopic (exact) mass is 264 g/mol. The number of hydrogen-bond donors (Lipinski definition) is 3. The van der Waals surface area contributed by atoms with Crippen LogP contribution in [0.15, 0.2) is 24.3 Å². The van der Waals surface area contributed by atoms with Gasteiger partial charge in [-0.1, -0.05) is 32.9 Å². The molecule has 1 aromatic rings. The van der Waals surface area contributed by atoms with Crippen molar-refractivity contribution in [3.8, 4) is 0 Å². The van der Waals surface area contributed by atoms with E-state index in [4.69, 9.17) is 5.11 Å². The number of carbonyl (C=O) groups excluding carboxylic acids is 1. The molecule has 0 aliphatic heterocycles. The molecule has 1 atom stereocenters. The quantitative estimate of drug-likeness (QED) is 0.686. The van der Waals surface area contributed by atoms with Crippen LogP contribution in [0.5, 0.6) is 0 Å². The molecule has 0 radical (unpaired) electrons. The van der Waals surface area contributed by atoms with E-state index in [2.05, 4.69) is 24.7 Å². The zero-order valence-corrected chi connectivity index (χ0v) is 11.4. The van der Waals surface area contributed by atoms with Gasteiger partial charge in [-0.15, -0.1) is 0 Å². The molecule has 19 heavy (non-hydrogen) atoms. The van der Waals surface area contributed by atoms with Gasteiger partial charge in [-0.3, -0.25) is 15.0 Å². The number of hydrogen-bond acceptors (Lipinski definition) is 3. The largest absolute Gasteiger partial charge is 0.480 e. The molecule has 5 heteroatoms. The van der Waals surface area contributed by atoms with Gasteiger partial charge in [0.05, 0.1) is 0 Å². The van der Waals surface area contributed by atoms with Gasteiger partial charge in [-0.05, 0) is 30.0 Å². The molecule has 1 unspecified atom stereocenters. The summed E-state index contributed by atoms with van der Waals surface area (Å²) in [6.07, 6.45) is 0.391. The average molecular weight is 264 g/mol. The highest BCUT2D eigenvalue weighted by Crippen LogP contribution is 2.14. The molecule has 1 aromatic carbocycles. The Balaban J connectivity index is 2.61. The van der Waals surface area contributed by atoms with E-state index in [1.54, 1.807) is 19.1 Å². The maximum atomic E-state index is 11.8. The van der Waals surface area contributed by atoms with Crippen LogP contribution >= 0.6 is 0 Å². The van der Waals surface area contributed by atoms with Crippen LogP contribution < -0.4 is 10.9 Å². The van der Waals surface area contributed by atoms with Gasteiger partial charge < -0.3 is 5.11 Å². The standard InChI is InChI=1S/C14H20N2O3/c1-4-12(14(18)19)15-16-13(17)11-7-5-10(6-8-11)9(2)3/h5-9,12,15H,4H2,1-3H3,(H,16,17)(H,18,19). The molecule has 0 saturated carbocycles. The Labute approximate surface area is 113 Å². The summed E-state index contributed by atoms with van der Waals surface area (Å²) >= 11 is 0. The number of amides is 1. The lowest BCUT2D eigenvalue weighted by atomic mass is 10.0. The lowest BCUT2D eigenvalue weighted by Gasteiger charge is -2.13. The van der Waals surface area contributed by atoms with Crippen molar-refractivity contribution in [1.29, 1.82) is 0 Å². The first-order chi connectivity index (χ1) is 8.95. The van der Waals surface area contributed by atoms with Gasteiger partial charge in [0, 0.05) is 5.56 Å². The highest BCUT2D eigenvalue weighted by molar-refractivity contribution is 5.94. The maximum absolute atomic E-state index is 11.8. The lowest BCUT2D eigenvalue weighted by molar-refractivity contribution is -0.139. The summed E-state index contributed by atoms with van der Waals surface area (Å²) in [6.45, 7) is 5.89. The summed E-state index contributed by atoms with van der Waals surface area (Å²) in [7, 11) is 0. The molecule has 0 heterocycles. The van der Waals surface area contributed by atoms with E-state index in [1.807, 2.05) is 12.1 Å². The first kappa shape index (κ1) is 15.2. The van der Waals surface area contributed by atoms with Crippen molar-refractivity contribution < 1.29 is 14.7 Å². The van der Waals surface area contributed by atoms with Crippen LogP contribution in [0.1, 0.15) is 49.0 Å². The highest BCUT2D eigenvalue weighted by Gasteiger charge is 2.15. The average Bonchev–Trinajstić information content (AvgIpc) is 2.38. The predicted molar refractivity (Wildman–Crippen MR) is 72.8 cm³/mol. The van der Waals surface area contributed by atoms with Gasteiger partial charge in [0.2, 0.25) is 0 Å². The fraction of sp³-hybridized carbons (Fsp3) is 0.429. The van der Waals surface area contributed by atoms with Gasteiger partial charge in [0.25, 0.3) is 5.91 Å². The molecule has 1 rings (SSSR count). The van der Waals surface area contributed by atoms with Gasteiger partial charge in [0.1, 0.15) is 6.04 Å². The molecule has 1 amide bonds. The van der Waals surface area contributed by atoms with Crippen LogP contribution in [0.2, 0.25) is 0 Å². The second kappa shape index (κ2) is 6.89. The van der Waals surface area contributed by atoms with E-state index in [0.717, 1.165) is 5.56 Å². The van der Waals surface area contributed by atoms with E-state index >= 15 is 0 Å². The third-order valence-corrected chi connectivity index (χ3v) is 2.91. The summed E-state index contributed by atoms with van der Waals surface area (Å²) in [4.78, 5) is 22.6. The van der Waals surface area contributed by atoms with Crippen molar-refractivity contribution in [2.75, 3.05) is 0 Å². The summed E-state index contributed by atoms with van der Waals surface area (Å²) in [6, 6.07) is 6.48. The fourth-order valence-electron chi connectivity index (χ4n) is 1.58. The normalized spacial score (nSPS) is 12.2. The molecule has 0 saturated heterocycles. The molecule has 0 spiro atoms. The minimum absolute atomic E-state index is 0.338. The zero-order valence-electron chi connectivity index (χ0n) is 11.4. The Morgan fingerprint density at radius 3 is 2.21 bits per heavy atom. The summed E-state index contributed by atoms with van der Waals surface area (Å²) in [5.74, 6) is -0.917. The van der Waals surface area contributed by atoms with E-state index in [0.29, 0.717) is 17.9 Å². The molecule has 0 aliphatic carbocycles. The Kier molecular flexibility index (Phi) is 5.51. The van der Waals surface area contributed by atoms with Crippen LogP contribution in [-0.2, 0) is 4.79 Å². The third-order valence-electron chi connectivity index (χ3n) is 2.91. The first-order valence-corrected chi connectivity index (χ1v) is 6.34. The smallest absolute Gasteiger partial charge is 0.322 e. The minimum atomic E-state index is -0.988. The number of rotatable bonds is 6. The van der Waals surface area contributed by atoms with Crippen LogP contribution in [0.4, 0.5) is 0 Å². The van der Waals surface area contributed by atoms with E-state index in [1.165, 1.54) is 0 Å². The number of carboxylic acid groups (broad SMARTS) is 1. The molecule has 3 N–H and O–H groups in total.